The molecule has 1 aliphatic rings. The van der Waals surface area contributed by atoms with E-state index < -0.39 is 9.84 Å². The van der Waals surface area contributed by atoms with Gasteiger partial charge in [-0.15, -0.1) is 0 Å². The highest BCUT2D eigenvalue weighted by molar-refractivity contribution is 7.92. The Morgan fingerprint density at radius 2 is 1.81 bits per heavy atom. The molecule has 1 aromatic carbocycles. The van der Waals surface area contributed by atoms with Crippen molar-refractivity contribution in [2.45, 2.75) is 63.1 Å². The van der Waals surface area contributed by atoms with Crippen molar-refractivity contribution in [1.82, 2.24) is 5.32 Å². The zero-order valence-corrected chi connectivity index (χ0v) is 14.7. The van der Waals surface area contributed by atoms with Crippen LogP contribution in [0, 0.1) is 5.92 Å². The van der Waals surface area contributed by atoms with E-state index in [0.29, 0.717) is 4.90 Å². The summed E-state index contributed by atoms with van der Waals surface area (Å²) in [6.07, 6.45) is 0. The minimum atomic E-state index is -3.22. The highest BCUT2D eigenvalue weighted by Crippen LogP contribution is 2.41. The summed E-state index contributed by atoms with van der Waals surface area (Å²) in [6.45, 7) is 13.2. The molecular formula is C17H27NO2S. The summed E-state index contributed by atoms with van der Waals surface area (Å²) in [5.74, 6) is 0.0673. The number of rotatable bonds is 2. The number of sulfone groups is 1. The van der Waals surface area contributed by atoms with E-state index >= 15 is 0 Å². The van der Waals surface area contributed by atoms with Crippen LogP contribution in [0.2, 0.25) is 0 Å². The predicted octanol–water partition coefficient (Wildman–Crippen LogP) is 3.45. The first-order valence-corrected chi connectivity index (χ1v) is 9.27. The molecule has 1 N–H and O–H groups in total. The number of hydrogen-bond acceptors (Lipinski definition) is 3. The van der Waals surface area contributed by atoms with Crippen molar-refractivity contribution in [2.75, 3.05) is 6.54 Å². The smallest absolute Gasteiger partial charge is 0.181 e. The highest BCUT2D eigenvalue weighted by Gasteiger charge is 2.41. The number of nitrogens with one attached hydrogen (secondary N) is 1. The van der Waals surface area contributed by atoms with Gasteiger partial charge in [0.05, 0.1) is 10.1 Å². The van der Waals surface area contributed by atoms with Crippen LogP contribution in [0.25, 0.3) is 0 Å². The van der Waals surface area contributed by atoms with Gasteiger partial charge in [0.15, 0.2) is 9.84 Å². The molecular weight excluding hydrogens is 282 g/mol. The lowest BCUT2D eigenvalue weighted by Crippen LogP contribution is -2.41. The van der Waals surface area contributed by atoms with Gasteiger partial charge in [0.1, 0.15) is 0 Å². The van der Waals surface area contributed by atoms with Crippen molar-refractivity contribution in [1.29, 1.82) is 0 Å². The molecule has 21 heavy (non-hydrogen) atoms. The molecule has 0 amide bonds. The van der Waals surface area contributed by atoms with Gasteiger partial charge >= 0.3 is 0 Å². The van der Waals surface area contributed by atoms with Crippen molar-refractivity contribution in [3.05, 3.63) is 29.3 Å². The Balaban J connectivity index is 2.68. The zero-order chi connectivity index (χ0) is 16.0. The molecule has 118 valence electrons. The summed E-state index contributed by atoms with van der Waals surface area (Å²) < 4.78 is 25.4. The van der Waals surface area contributed by atoms with E-state index in [1.165, 1.54) is 5.56 Å². The Bertz CT molecular complexity index is 629. The van der Waals surface area contributed by atoms with E-state index in [9.17, 15) is 8.42 Å². The Morgan fingerprint density at radius 1 is 1.19 bits per heavy atom. The maximum atomic E-state index is 12.7. The first-order chi connectivity index (χ1) is 9.60. The van der Waals surface area contributed by atoms with Crippen molar-refractivity contribution < 1.29 is 8.42 Å². The molecule has 0 fully saturated rings. The van der Waals surface area contributed by atoms with E-state index in [2.05, 4.69) is 39.1 Å². The Labute approximate surface area is 129 Å². The van der Waals surface area contributed by atoms with Crippen LogP contribution in [0.3, 0.4) is 0 Å². The molecule has 0 saturated heterocycles. The van der Waals surface area contributed by atoms with E-state index in [0.717, 1.165) is 12.1 Å². The van der Waals surface area contributed by atoms with Gasteiger partial charge in [0.25, 0.3) is 0 Å². The summed E-state index contributed by atoms with van der Waals surface area (Å²) in [6, 6.07) is 5.95. The lowest BCUT2D eigenvalue weighted by atomic mass is 9.83. The number of fused-ring (bicyclic) bond motifs is 1. The average molecular weight is 309 g/mol. The molecule has 4 heteroatoms. The third kappa shape index (κ3) is 2.76. The molecule has 0 spiro atoms. The lowest BCUT2D eigenvalue weighted by molar-refractivity contribution is 0.363. The molecule has 1 heterocycles. The number of benzene rings is 1. The van der Waals surface area contributed by atoms with Crippen molar-refractivity contribution >= 4 is 9.84 Å². The highest BCUT2D eigenvalue weighted by atomic mass is 32.2. The van der Waals surface area contributed by atoms with Crippen molar-refractivity contribution in [2.24, 2.45) is 5.92 Å². The monoisotopic (exact) mass is 309 g/mol. The van der Waals surface area contributed by atoms with E-state index in [1.54, 1.807) is 6.07 Å². The van der Waals surface area contributed by atoms with Crippen LogP contribution >= 0.6 is 0 Å². The summed E-state index contributed by atoms with van der Waals surface area (Å²) in [7, 11) is -3.22. The van der Waals surface area contributed by atoms with Crippen LogP contribution in [0.15, 0.2) is 23.1 Å². The largest absolute Gasteiger partial charge is 0.310 e. The first-order valence-electron chi connectivity index (χ1n) is 7.72. The fourth-order valence-electron chi connectivity index (χ4n) is 3.07. The minimum Gasteiger partial charge on any atom is -0.310 e. The third-order valence-electron chi connectivity index (χ3n) is 4.70. The summed E-state index contributed by atoms with van der Waals surface area (Å²) in [4.78, 5) is 0.507. The lowest BCUT2D eigenvalue weighted by Gasteiger charge is -2.37. The fraction of sp³-hybridized carbons (Fsp3) is 0.647. The van der Waals surface area contributed by atoms with Gasteiger partial charge in [0, 0.05) is 6.04 Å². The van der Waals surface area contributed by atoms with Crippen LogP contribution in [0.5, 0.6) is 0 Å². The van der Waals surface area contributed by atoms with Gasteiger partial charge < -0.3 is 5.32 Å². The molecule has 0 radical (unpaired) electrons. The topological polar surface area (TPSA) is 46.2 Å². The second-order valence-corrected chi connectivity index (χ2v) is 9.42. The van der Waals surface area contributed by atoms with Crippen LogP contribution in [-0.4, -0.2) is 20.2 Å². The zero-order valence-electron chi connectivity index (χ0n) is 13.9. The maximum absolute atomic E-state index is 12.7. The van der Waals surface area contributed by atoms with Gasteiger partial charge in [-0.05, 0) is 42.0 Å². The molecule has 3 atom stereocenters. The van der Waals surface area contributed by atoms with E-state index in [4.69, 9.17) is 0 Å². The predicted molar refractivity (Wildman–Crippen MR) is 87.4 cm³/mol. The normalized spacial score (nSPS) is 28.2. The Hall–Kier alpha value is -0.870. The van der Waals surface area contributed by atoms with E-state index in [1.807, 2.05) is 19.9 Å². The fourth-order valence-corrected chi connectivity index (χ4v) is 4.96. The van der Waals surface area contributed by atoms with Crippen molar-refractivity contribution in [3.8, 4) is 0 Å². The molecule has 3 unspecified atom stereocenters. The standard InChI is InChI=1S/C17H27NO2S/c1-7-18-16-11(2)12(3)21(19,20)15-9-8-13(10-14(15)16)17(4,5)6/h8-12,16,18H,7H2,1-6H3. The van der Waals surface area contributed by atoms with Crippen LogP contribution < -0.4 is 5.32 Å². The summed E-state index contributed by atoms with van der Waals surface area (Å²) >= 11 is 0. The summed E-state index contributed by atoms with van der Waals surface area (Å²) in [5, 5.41) is 3.12. The van der Waals surface area contributed by atoms with Gasteiger partial charge in [-0.25, -0.2) is 8.42 Å². The molecule has 0 aliphatic carbocycles. The quantitative estimate of drug-likeness (QED) is 0.910. The van der Waals surface area contributed by atoms with Gasteiger partial charge in [-0.3, -0.25) is 0 Å². The third-order valence-corrected chi connectivity index (χ3v) is 7.09. The Morgan fingerprint density at radius 3 is 2.33 bits per heavy atom. The molecule has 2 rings (SSSR count). The molecule has 3 nitrogen and oxygen atoms in total. The second-order valence-electron chi connectivity index (χ2n) is 7.15. The minimum absolute atomic E-state index is 0.0157. The molecule has 0 saturated carbocycles. The Kier molecular flexibility index (Phi) is 4.24. The van der Waals surface area contributed by atoms with Gasteiger partial charge in [-0.1, -0.05) is 46.8 Å². The van der Waals surface area contributed by atoms with Gasteiger partial charge in [0.2, 0.25) is 0 Å². The summed E-state index contributed by atoms with van der Waals surface area (Å²) in [5.41, 5.74) is 2.14. The average Bonchev–Trinajstić information content (AvgIpc) is 2.40. The SMILES string of the molecule is CCNC1c2cc(C(C)(C)C)ccc2S(=O)(=O)C(C)C1C. The maximum Gasteiger partial charge on any atom is 0.181 e. The van der Waals surface area contributed by atoms with E-state index in [-0.39, 0.29) is 22.6 Å². The van der Waals surface area contributed by atoms with Crippen molar-refractivity contribution in [3.63, 3.8) is 0 Å². The second kappa shape index (κ2) is 5.40. The van der Waals surface area contributed by atoms with Crippen LogP contribution in [0.1, 0.15) is 58.7 Å². The molecule has 0 bridgehead atoms. The van der Waals surface area contributed by atoms with Crippen LogP contribution in [-0.2, 0) is 15.3 Å². The first kappa shape index (κ1) is 16.5. The molecule has 1 aromatic rings. The van der Waals surface area contributed by atoms with Gasteiger partial charge in [-0.2, -0.15) is 0 Å². The van der Waals surface area contributed by atoms with Crippen LogP contribution in [0.4, 0.5) is 0 Å². The molecule has 1 aliphatic heterocycles. The number of hydrogen-bond donors (Lipinski definition) is 1. The molecule has 0 aromatic heterocycles.